The molecule has 0 aliphatic carbocycles. The maximum Gasteiger partial charge on any atom is 0.416 e. The van der Waals surface area contributed by atoms with E-state index in [-0.39, 0.29) is 29.3 Å². The van der Waals surface area contributed by atoms with Gasteiger partial charge in [0.2, 0.25) is 0 Å². The number of sulfonamides is 1. The zero-order valence-corrected chi connectivity index (χ0v) is 14.8. The highest BCUT2D eigenvalue weighted by atomic mass is 32.2. The Morgan fingerprint density at radius 2 is 1.74 bits per heavy atom. The number of nitrogens with one attached hydrogen (secondary N) is 2. The van der Waals surface area contributed by atoms with Crippen LogP contribution in [0.4, 0.5) is 18.9 Å². The minimum atomic E-state index is -4.59. The van der Waals surface area contributed by atoms with Crippen molar-refractivity contribution in [1.82, 2.24) is 5.32 Å². The number of halogens is 3. The summed E-state index contributed by atoms with van der Waals surface area (Å²) < 4.78 is 64.9. The summed E-state index contributed by atoms with van der Waals surface area (Å²) in [5.74, 6) is -0.432. The molecule has 2 rings (SSSR count). The van der Waals surface area contributed by atoms with Crippen LogP contribution in [0.25, 0.3) is 0 Å². The van der Waals surface area contributed by atoms with Gasteiger partial charge in [0, 0.05) is 24.4 Å². The number of alkyl halides is 3. The van der Waals surface area contributed by atoms with E-state index in [0.29, 0.717) is 12.5 Å². The van der Waals surface area contributed by atoms with Crippen LogP contribution >= 0.6 is 0 Å². The molecule has 0 aliphatic rings. The van der Waals surface area contributed by atoms with Crippen LogP contribution in [-0.2, 0) is 16.2 Å². The van der Waals surface area contributed by atoms with Gasteiger partial charge in [-0.05, 0) is 48.9 Å². The van der Waals surface area contributed by atoms with Crippen LogP contribution in [0.2, 0.25) is 0 Å². The highest BCUT2D eigenvalue weighted by molar-refractivity contribution is 7.92. The fourth-order valence-corrected chi connectivity index (χ4v) is 3.19. The highest BCUT2D eigenvalue weighted by Crippen LogP contribution is 2.31. The molecule has 0 unspecified atom stereocenters. The van der Waals surface area contributed by atoms with Crippen LogP contribution in [0.3, 0.4) is 0 Å². The van der Waals surface area contributed by atoms with E-state index in [1.807, 2.05) is 0 Å². The standard InChI is InChI=1S/C17H17F3N2O4S/c18-17(19,20)13-3-1-4-14(11-13)22-27(25,26)15-7-5-12(6-8-15)16(24)21-9-2-10-23/h1,3-8,11,22-23H,2,9-10H2,(H,21,24). The number of aliphatic hydroxyl groups excluding tert-OH is 1. The first-order valence-electron chi connectivity index (χ1n) is 7.83. The van der Waals surface area contributed by atoms with Crippen molar-refractivity contribution in [2.24, 2.45) is 0 Å². The van der Waals surface area contributed by atoms with E-state index >= 15 is 0 Å². The number of carbonyl (C=O) groups is 1. The Balaban J connectivity index is 2.14. The van der Waals surface area contributed by atoms with Gasteiger partial charge in [-0.2, -0.15) is 13.2 Å². The Kier molecular flexibility index (Phi) is 6.45. The molecule has 0 atom stereocenters. The highest BCUT2D eigenvalue weighted by Gasteiger charge is 2.30. The number of aliphatic hydroxyl groups is 1. The molecule has 0 radical (unpaired) electrons. The minimum absolute atomic E-state index is 0.0708. The Morgan fingerprint density at radius 1 is 1.07 bits per heavy atom. The molecular formula is C17H17F3N2O4S. The van der Waals surface area contributed by atoms with Gasteiger partial charge in [-0.15, -0.1) is 0 Å². The van der Waals surface area contributed by atoms with Gasteiger partial charge >= 0.3 is 6.18 Å². The Hall–Kier alpha value is -2.59. The Labute approximate surface area is 154 Å². The third-order valence-corrected chi connectivity index (χ3v) is 4.89. The van der Waals surface area contributed by atoms with E-state index in [2.05, 4.69) is 10.0 Å². The first-order valence-corrected chi connectivity index (χ1v) is 9.31. The average molecular weight is 402 g/mol. The summed E-state index contributed by atoms with van der Waals surface area (Å²) in [6.45, 7) is 0.200. The van der Waals surface area contributed by atoms with Crippen molar-refractivity contribution in [3.8, 4) is 0 Å². The molecule has 2 aromatic rings. The lowest BCUT2D eigenvalue weighted by atomic mass is 10.2. The summed E-state index contributed by atoms with van der Waals surface area (Å²) in [7, 11) is -4.12. The van der Waals surface area contributed by atoms with Gasteiger partial charge in [-0.3, -0.25) is 9.52 Å². The van der Waals surface area contributed by atoms with Gasteiger partial charge in [0.15, 0.2) is 0 Å². The van der Waals surface area contributed by atoms with Crippen LogP contribution in [0.5, 0.6) is 0 Å². The first-order chi connectivity index (χ1) is 12.6. The van der Waals surface area contributed by atoms with Crippen LogP contribution in [0.15, 0.2) is 53.4 Å². The van der Waals surface area contributed by atoms with Gasteiger partial charge < -0.3 is 10.4 Å². The van der Waals surface area contributed by atoms with Crippen LogP contribution in [0, 0.1) is 0 Å². The van der Waals surface area contributed by atoms with Crippen molar-refractivity contribution < 1.29 is 31.5 Å². The summed E-state index contributed by atoms with van der Waals surface area (Å²) in [5, 5.41) is 11.2. The number of rotatable bonds is 7. The van der Waals surface area contributed by atoms with Crippen LogP contribution < -0.4 is 10.0 Å². The number of hydrogen-bond donors (Lipinski definition) is 3. The number of hydrogen-bond acceptors (Lipinski definition) is 4. The molecule has 2 aromatic carbocycles. The summed E-state index contributed by atoms with van der Waals surface area (Å²) >= 11 is 0. The maximum absolute atomic E-state index is 12.7. The zero-order chi connectivity index (χ0) is 20.1. The van der Waals surface area contributed by atoms with Gasteiger partial charge in [0.25, 0.3) is 15.9 Å². The molecule has 10 heteroatoms. The van der Waals surface area contributed by atoms with Gasteiger partial charge in [-0.25, -0.2) is 8.42 Å². The summed E-state index contributed by atoms with van der Waals surface area (Å²) in [6, 6.07) is 8.76. The third kappa shape index (κ3) is 5.69. The predicted molar refractivity (Wildman–Crippen MR) is 92.7 cm³/mol. The van der Waals surface area contributed by atoms with Crippen LogP contribution in [0.1, 0.15) is 22.3 Å². The molecule has 0 aromatic heterocycles. The molecule has 6 nitrogen and oxygen atoms in total. The van der Waals surface area contributed by atoms with Crippen molar-refractivity contribution in [2.45, 2.75) is 17.5 Å². The number of benzene rings is 2. The second-order valence-electron chi connectivity index (χ2n) is 5.54. The molecule has 0 saturated carbocycles. The molecule has 1 amide bonds. The quantitative estimate of drug-likeness (QED) is 0.621. The Morgan fingerprint density at radius 3 is 2.33 bits per heavy atom. The number of anilines is 1. The smallest absolute Gasteiger partial charge is 0.396 e. The molecule has 27 heavy (non-hydrogen) atoms. The zero-order valence-electron chi connectivity index (χ0n) is 14.0. The molecule has 0 spiro atoms. The maximum atomic E-state index is 12.7. The molecule has 0 heterocycles. The molecule has 0 fully saturated rings. The van der Waals surface area contributed by atoms with Crippen molar-refractivity contribution in [2.75, 3.05) is 17.9 Å². The second kappa shape index (κ2) is 8.40. The molecule has 3 N–H and O–H groups in total. The molecular weight excluding hydrogens is 385 g/mol. The van der Waals surface area contributed by atoms with Gasteiger partial charge in [0.1, 0.15) is 0 Å². The van der Waals surface area contributed by atoms with E-state index in [0.717, 1.165) is 12.1 Å². The lowest BCUT2D eigenvalue weighted by Gasteiger charge is -2.11. The van der Waals surface area contributed by atoms with Gasteiger partial charge in [0.05, 0.1) is 10.5 Å². The Bertz CT molecular complexity index is 897. The SMILES string of the molecule is O=C(NCCCO)c1ccc(S(=O)(=O)Nc2cccc(C(F)(F)F)c2)cc1. The molecule has 146 valence electrons. The fourth-order valence-electron chi connectivity index (χ4n) is 2.14. The largest absolute Gasteiger partial charge is 0.416 e. The van der Waals surface area contributed by atoms with E-state index in [1.54, 1.807) is 0 Å². The van der Waals surface area contributed by atoms with Gasteiger partial charge in [-0.1, -0.05) is 6.07 Å². The second-order valence-corrected chi connectivity index (χ2v) is 7.22. The lowest BCUT2D eigenvalue weighted by Crippen LogP contribution is -2.25. The predicted octanol–water partition coefficient (Wildman–Crippen LogP) is 2.62. The fraction of sp³-hybridized carbons (Fsp3) is 0.235. The third-order valence-electron chi connectivity index (χ3n) is 3.49. The van der Waals surface area contributed by atoms with E-state index < -0.39 is 27.7 Å². The monoisotopic (exact) mass is 402 g/mol. The van der Waals surface area contributed by atoms with E-state index in [4.69, 9.17) is 5.11 Å². The van der Waals surface area contributed by atoms with Crippen molar-refractivity contribution in [1.29, 1.82) is 0 Å². The minimum Gasteiger partial charge on any atom is -0.396 e. The molecule has 0 saturated heterocycles. The molecule has 0 aliphatic heterocycles. The van der Waals surface area contributed by atoms with Crippen molar-refractivity contribution >= 4 is 21.6 Å². The van der Waals surface area contributed by atoms with Crippen molar-refractivity contribution in [3.63, 3.8) is 0 Å². The van der Waals surface area contributed by atoms with E-state index in [9.17, 15) is 26.4 Å². The summed E-state index contributed by atoms with van der Waals surface area (Å²) in [6.07, 6.45) is -4.20. The lowest BCUT2D eigenvalue weighted by molar-refractivity contribution is -0.137. The average Bonchev–Trinajstić information content (AvgIpc) is 2.61. The van der Waals surface area contributed by atoms with E-state index in [1.165, 1.54) is 30.3 Å². The number of amides is 1. The summed E-state index contributed by atoms with van der Waals surface area (Å²) in [5.41, 5.74) is -0.987. The van der Waals surface area contributed by atoms with Crippen molar-refractivity contribution in [3.05, 3.63) is 59.7 Å². The number of carbonyl (C=O) groups excluding carboxylic acids is 1. The normalized spacial score (nSPS) is 11.9. The molecule has 0 bridgehead atoms. The topological polar surface area (TPSA) is 95.5 Å². The summed E-state index contributed by atoms with van der Waals surface area (Å²) in [4.78, 5) is 11.6. The van der Waals surface area contributed by atoms with Crippen LogP contribution in [-0.4, -0.2) is 32.6 Å². The first kappa shape index (κ1) is 20.7.